The van der Waals surface area contributed by atoms with Crippen molar-refractivity contribution in [1.82, 2.24) is 0 Å². The minimum absolute atomic E-state index is 0.149. The molecule has 1 aliphatic carbocycles. The number of hydrogen-bond donors (Lipinski definition) is 2. The van der Waals surface area contributed by atoms with Gasteiger partial charge in [-0.05, 0) is 53.3 Å². The van der Waals surface area contributed by atoms with Gasteiger partial charge in [0.2, 0.25) is 0 Å². The Morgan fingerprint density at radius 2 is 1.93 bits per heavy atom. The molecule has 3 atom stereocenters. The number of rotatable bonds is 5. The molecule has 0 saturated carbocycles. The van der Waals surface area contributed by atoms with Gasteiger partial charge in [0.15, 0.2) is 5.79 Å². The van der Waals surface area contributed by atoms with Gasteiger partial charge in [0.25, 0.3) is 0 Å². The molecule has 154 valence electrons. The highest BCUT2D eigenvalue weighted by molar-refractivity contribution is 5.83. The topological polar surface area (TPSA) is 68.2 Å². The molecular formula is C24H28O5. The Kier molecular flexibility index (Phi) is 5.74. The molecule has 2 N–H and O–H groups in total. The van der Waals surface area contributed by atoms with Crippen LogP contribution in [0.4, 0.5) is 0 Å². The highest BCUT2D eigenvalue weighted by Crippen LogP contribution is 2.41. The van der Waals surface area contributed by atoms with E-state index in [0.29, 0.717) is 12.8 Å². The normalized spacial score (nSPS) is 26.6. The number of aliphatic hydroxyl groups is 2. The number of ether oxygens (including phenoxy) is 3. The van der Waals surface area contributed by atoms with Crippen LogP contribution in [0.1, 0.15) is 41.5 Å². The molecule has 29 heavy (non-hydrogen) atoms. The van der Waals surface area contributed by atoms with Crippen LogP contribution in [0.3, 0.4) is 0 Å². The first-order valence-electron chi connectivity index (χ1n) is 10.1. The van der Waals surface area contributed by atoms with E-state index in [-0.39, 0.29) is 6.61 Å². The molecule has 0 spiro atoms. The van der Waals surface area contributed by atoms with Gasteiger partial charge in [-0.25, -0.2) is 0 Å². The maximum atomic E-state index is 10.4. The number of allylic oxidation sites excluding steroid dienone is 1. The van der Waals surface area contributed by atoms with Crippen molar-refractivity contribution in [3.63, 3.8) is 0 Å². The van der Waals surface area contributed by atoms with Crippen LogP contribution in [-0.4, -0.2) is 43.2 Å². The first kappa shape index (κ1) is 20.1. The molecule has 0 radical (unpaired) electrons. The molecule has 4 rings (SSSR count). The van der Waals surface area contributed by atoms with Gasteiger partial charge < -0.3 is 24.4 Å². The van der Waals surface area contributed by atoms with Crippen LogP contribution in [0, 0.1) is 0 Å². The molecule has 0 amide bonds. The Morgan fingerprint density at radius 3 is 2.62 bits per heavy atom. The van der Waals surface area contributed by atoms with E-state index in [4.69, 9.17) is 14.2 Å². The van der Waals surface area contributed by atoms with Crippen LogP contribution in [0.5, 0.6) is 5.75 Å². The Labute approximate surface area is 171 Å². The minimum atomic E-state index is -1.07. The van der Waals surface area contributed by atoms with E-state index < -0.39 is 18.0 Å². The number of benzene rings is 2. The second-order valence-corrected chi connectivity index (χ2v) is 7.73. The highest BCUT2D eigenvalue weighted by atomic mass is 16.7. The van der Waals surface area contributed by atoms with E-state index in [2.05, 4.69) is 30.3 Å². The largest absolute Gasteiger partial charge is 0.497 e. The fourth-order valence-electron chi connectivity index (χ4n) is 4.42. The quantitative estimate of drug-likeness (QED) is 0.811. The number of fused-ring (bicyclic) bond motifs is 1. The third-order valence-electron chi connectivity index (χ3n) is 5.93. The first-order valence-corrected chi connectivity index (χ1v) is 10.1. The lowest BCUT2D eigenvalue weighted by Gasteiger charge is -2.42. The van der Waals surface area contributed by atoms with Gasteiger partial charge in [-0.15, -0.1) is 0 Å². The Hall–Kier alpha value is -2.18. The first-order chi connectivity index (χ1) is 14.1. The van der Waals surface area contributed by atoms with Crippen molar-refractivity contribution in [1.29, 1.82) is 0 Å². The second-order valence-electron chi connectivity index (χ2n) is 7.73. The third-order valence-corrected chi connectivity index (χ3v) is 5.93. The summed E-state index contributed by atoms with van der Waals surface area (Å²) in [5.41, 5.74) is 5.60. The summed E-state index contributed by atoms with van der Waals surface area (Å²) in [4.78, 5) is 0. The maximum Gasteiger partial charge on any atom is 0.197 e. The molecule has 0 aromatic heterocycles. The average Bonchev–Trinajstić information content (AvgIpc) is 2.77. The van der Waals surface area contributed by atoms with E-state index in [9.17, 15) is 10.2 Å². The number of aryl methyl sites for hydroxylation is 1. The molecular weight excluding hydrogens is 368 g/mol. The molecule has 0 bridgehead atoms. The number of methoxy groups -OCH3 is 2. The molecule has 2 aliphatic rings. The molecule has 2 aromatic rings. The summed E-state index contributed by atoms with van der Waals surface area (Å²) >= 11 is 0. The van der Waals surface area contributed by atoms with E-state index >= 15 is 0 Å². The lowest BCUT2D eigenvalue weighted by Crippen LogP contribution is -2.46. The summed E-state index contributed by atoms with van der Waals surface area (Å²) < 4.78 is 17.2. The zero-order valence-corrected chi connectivity index (χ0v) is 16.9. The highest BCUT2D eigenvalue weighted by Gasteiger charge is 2.43. The van der Waals surface area contributed by atoms with Gasteiger partial charge >= 0.3 is 0 Å². The van der Waals surface area contributed by atoms with E-state index in [0.717, 1.165) is 35.3 Å². The van der Waals surface area contributed by atoms with Crippen LogP contribution in [0.25, 0.3) is 5.57 Å². The Balaban J connectivity index is 1.74. The fraction of sp³-hybridized carbons (Fsp3) is 0.417. The Bertz CT molecular complexity index is 889. The molecule has 3 unspecified atom stereocenters. The lowest BCUT2D eigenvalue weighted by atomic mass is 9.83. The van der Waals surface area contributed by atoms with Crippen molar-refractivity contribution in [3.8, 4) is 5.75 Å². The van der Waals surface area contributed by atoms with Gasteiger partial charge in [0.05, 0.1) is 25.9 Å². The van der Waals surface area contributed by atoms with Crippen LogP contribution in [0.2, 0.25) is 0 Å². The number of hydrogen-bond acceptors (Lipinski definition) is 5. The summed E-state index contributed by atoms with van der Waals surface area (Å²) in [5, 5.41) is 20.0. The Morgan fingerprint density at radius 1 is 1.14 bits per heavy atom. The van der Waals surface area contributed by atoms with Gasteiger partial charge in [-0.2, -0.15) is 0 Å². The lowest BCUT2D eigenvalue weighted by molar-refractivity contribution is -0.298. The van der Waals surface area contributed by atoms with Crippen molar-refractivity contribution in [2.24, 2.45) is 0 Å². The summed E-state index contributed by atoms with van der Waals surface area (Å²) in [5.74, 6) is -0.236. The van der Waals surface area contributed by atoms with E-state index in [1.54, 1.807) is 14.2 Å². The molecule has 1 fully saturated rings. The predicted octanol–water partition coefficient (Wildman–Crippen LogP) is 3.40. The maximum absolute atomic E-state index is 10.4. The van der Waals surface area contributed by atoms with Crippen LogP contribution in [-0.2, 0) is 21.7 Å². The number of aliphatic hydroxyl groups excluding tert-OH is 2. The molecule has 1 aliphatic heterocycles. The van der Waals surface area contributed by atoms with Crippen LogP contribution < -0.4 is 4.74 Å². The van der Waals surface area contributed by atoms with Gasteiger partial charge in [-0.1, -0.05) is 30.3 Å². The molecule has 5 heteroatoms. The van der Waals surface area contributed by atoms with Crippen LogP contribution >= 0.6 is 0 Å². The fourth-order valence-corrected chi connectivity index (χ4v) is 4.42. The zero-order valence-electron chi connectivity index (χ0n) is 16.9. The average molecular weight is 396 g/mol. The van der Waals surface area contributed by atoms with Crippen molar-refractivity contribution >= 4 is 5.57 Å². The molecule has 1 heterocycles. The summed E-state index contributed by atoms with van der Waals surface area (Å²) in [7, 11) is 3.26. The third kappa shape index (κ3) is 3.83. The predicted molar refractivity (Wildman–Crippen MR) is 111 cm³/mol. The smallest absolute Gasteiger partial charge is 0.197 e. The van der Waals surface area contributed by atoms with Crippen molar-refractivity contribution in [3.05, 3.63) is 70.8 Å². The minimum Gasteiger partial charge on any atom is -0.497 e. The van der Waals surface area contributed by atoms with E-state index in [1.165, 1.54) is 11.1 Å². The van der Waals surface area contributed by atoms with Gasteiger partial charge in [0.1, 0.15) is 5.75 Å². The second kappa shape index (κ2) is 8.28. The van der Waals surface area contributed by atoms with Crippen molar-refractivity contribution < 1.29 is 24.4 Å². The summed E-state index contributed by atoms with van der Waals surface area (Å²) in [6, 6.07) is 14.3. The monoisotopic (exact) mass is 396 g/mol. The van der Waals surface area contributed by atoms with Crippen LogP contribution in [0.15, 0.2) is 48.5 Å². The summed E-state index contributed by atoms with van der Waals surface area (Å²) in [6.45, 7) is -0.149. The van der Waals surface area contributed by atoms with Crippen molar-refractivity contribution in [2.45, 2.75) is 43.7 Å². The molecule has 5 nitrogen and oxygen atoms in total. The van der Waals surface area contributed by atoms with Gasteiger partial charge in [-0.3, -0.25) is 0 Å². The van der Waals surface area contributed by atoms with E-state index in [1.807, 2.05) is 18.2 Å². The van der Waals surface area contributed by atoms with Crippen molar-refractivity contribution in [2.75, 3.05) is 20.8 Å². The summed E-state index contributed by atoms with van der Waals surface area (Å²) in [6.07, 6.45) is 3.94. The SMILES string of the molecule is COc1ccc(C2=CCCc3ccc(C4(OC)CC(O)CC(CO)O4)cc32)cc1. The van der Waals surface area contributed by atoms with Gasteiger partial charge in [0, 0.05) is 25.5 Å². The standard InChI is InChI=1S/C24H28O5/c1-27-20-10-7-17(8-11-20)22-5-3-4-16-6-9-18(12-23(16)22)24(28-2)14-19(26)13-21(15-25)29-24/h5-12,19,21,25-26H,3-4,13-15H2,1-2H3. The molecule has 1 saturated heterocycles. The zero-order chi connectivity index (χ0) is 20.4. The molecule has 2 aromatic carbocycles.